The van der Waals surface area contributed by atoms with Crippen molar-refractivity contribution in [2.75, 3.05) is 6.54 Å². The number of nitrogens with two attached hydrogens (primary N) is 1. The molecule has 0 saturated heterocycles. The Morgan fingerprint density at radius 2 is 2.05 bits per heavy atom. The Hall–Kier alpha value is -0.930. The summed E-state index contributed by atoms with van der Waals surface area (Å²) in [5.74, 6) is 0.883. The van der Waals surface area contributed by atoms with E-state index >= 15 is 0 Å². The summed E-state index contributed by atoms with van der Waals surface area (Å²) in [5, 5.41) is 9.92. The van der Waals surface area contributed by atoms with Crippen LogP contribution in [0.25, 0.3) is 0 Å². The Kier molecular flexibility index (Phi) is 5.80. The first kappa shape index (κ1) is 14.5. The van der Waals surface area contributed by atoms with Gasteiger partial charge in [0, 0.05) is 5.69 Å². The van der Waals surface area contributed by atoms with Gasteiger partial charge in [-0.1, -0.05) is 38.2 Å². The quantitative estimate of drug-likeness (QED) is 0.828. The Morgan fingerprint density at radius 1 is 1.26 bits per heavy atom. The summed E-state index contributed by atoms with van der Waals surface area (Å²) >= 11 is 0. The van der Waals surface area contributed by atoms with Crippen LogP contribution in [0, 0.1) is 5.92 Å². The molecular weight excluding hydrogens is 236 g/mol. The zero-order chi connectivity index (χ0) is 13.5. The predicted molar refractivity (Wildman–Crippen MR) is 77.8 cm³/mol. The number of nitrogens with zero attached hydrogens (tertiary/aromatic N) is 1. The molecule has 106 valence electrons. The number of hydrogen-bond acceptors (Lipinski definition) is 3. The zero-order valence-corrected chi connectivity index (χ0v) is 11.7. The van der Waals surface area contributed by atoms with E-state index in [0.29, 0.717) is 13.0 Å². The lowest BCUT2D eigenvalue weighted by molar-refractivity contribution is 0.165. The Labute approximate surface area is 116 Å². The molecule has 1 heterocycles. The minimum Gasteiger partial charge on any atom is -0.387 e. The molecule has 0 bridgehead atoms. The average Bonchev–Trinajstić information content (AvgIpc) is 2.47. The van der Waals surface area contributed by atoms with Crippen molar-refractivity contribution in [2.24, 2.45) is 11.7 Å². The van der Waals surface area contributed by atoms with Crippen LogP contribution < -0.4 is 5.73 Å². The van der Waals surface area contributed by atoms with Crippen LogP contribution in [0.4, 0.5) is 0 Å². The van der Waals surface area contributed by atoms with Crippen LogP contribution in [-0.4, -0.2) is 16.6 Å². The minimum atomic E-state index is -0.514. The summed E-state index contributed by atoms with van der Waals surface area (Å²) in [5.41, 5.74) is 7.35. The number of aromatic nitrogens is 1. The third kappa shape index (κ3) is 4.59. The van der Waals surface area contributed by atoms with Crippen molar-refractivity contribution in [2.45, 2.75) is 57.5 Å². The molecule has 3 N–H and O–H groups in total. The molecular formula is C16H26N2O. The summed E-state index contributed by atoms with van der Waals surface area (Å²) in [7, 11) is 0. The second-order valence-corrected chi connectivity index (χ2v) is 5.69. The SMILES string of the molecule is NCCC(O)c1cccc(CCC2CCCCC2)n1. The summed E-state index contributed by atoms with van der Waals surface area (Å²) in [6, 6.07) is 5.96. The van der Waals surface area contributed by atoms with E-state index in [1.165, 1.54) is 38.5 Å². The molecule has 3 heteroatoms. The van der Waals surface area contributed by atoms with E-state index in [0.717, 1.165) is 23.7 Å². The van der Waals surface area contributed by atoms with Gasteiger partial charge in [-0.2, -0.15) is 0 Å². The molecule has 0 radical (unpaired) electrons. The van der Waals surface area contributed by atoms with Gasteiger partial charge in [0.15, 0.2) is 0 Å². The first-order chi connectivity index (χ1) is 9.29. The molecule has 0 amide bonds. The number of aliphatic hydroxyl groups is 1. The van der Waals surface area contributed by atoms with Gasteiger partial charge in [-0.3, -0.25) is 4.98 Å². The highest BCUT2D eigenvalue weighted by molar-refractivity contribution is 5.13. The Balaban J connectivity index is 1.87. The van der Waals surface area contributed by atoms with Gasteiger partial charge < -0.3 is 10.8 Å². The van der Waals surface area contributed by atoms with Crippen molar-refractivity contribution >= 4 is 0 Å². The lowest BCUT2D eigenvalue weighted by Gasteiger charge is -2.21. The normalized spacial score (nSPS) is 18.4. The van der Waals surface area contributed by atoms with Crippen LogP contribution in [0.3, 0.4) is 0 Å². The van der Waals surface area contributed by atoms with Crippen molar-refractivity contribution < 1.29 is 5.11 Å². The molecule has 1 unspecified atom stereocenters. The van der Waals surface area contributed by atoms with Crippen molar-refractivity contribution in [1.82, 2.24) is 4.98 Å². The highest BCUT2D eigenvalue weighted by Crippen LogP contribution is 2.27. The lowest BCUT2D eigenvalue weighted by atomic mass is 9.86. The van der Waals surface area contributed by atoms with Crippen LogP contribution in [-0.2, 0) is 6.42 Å². The molecule has 3 nitrogen and oxygen atoms in total. The second kappa shape index (κ2) is 7.61. The van der Waals surface area contributed by atoms with Crippen LogP contribution in [0.15, 0.2) is 18.2 Å². The van der Waals surface area contributed by atoms with E-state index in [2.05, 4.69) is 11.1 Å². The molecule has 2 rings (SSSR count). The number of rotatable bonds is 6. The average molecular weight is 262 g/mol. The standard InChI is InChI=1S/C16H26N2O/c17-12-11-16(19)15-8-4-7-14(18-15)10-9-13-5-2-1-3-6-13/h4,7-8,13,16,19H,1-3,5-6,9-12,17H2. The largest absolute Gasteiger partial charge is 0.387 e. The molecule has 1 fully saturated rings. The van der Waals surface area contributed by atoms with Crippen LogP contribution in [0.5, 0.6) is 0 Å². The van der Waals surface area contributed by atoms with Gasteiger partial charge in [0.25, 0.3) is 0 Å². The third-order valence-corrected chi connectivity index (χ3v) is 4.14. The molecule has 1 aromatic rings. The fourth-order valence-corrected chi connectivity index (χ4v) is 2.96. The number of aliphatic hydroxyl groups excluding tert-OH is 1. The van der Waals surface area contributed by atoms with Gasteiger partial charge in [-0.15, -0.1) is 0 Å². The predicted octanol–water partition coefficient (Wildman–Crippen LogP) is 2.98. The molecule has 0 aliphatic heterocycles. The summed E-state index contributed by atoms with van der Waals surface area (Å²) in [6.07, 6.45) is 9.32. The van der Waals surface area contributed by atoms with Crippen molar-refractivity contribution in [3.8, 4) is 0 Å². The minimum absolute atomic E-state index is 0.495. The van der Waals surface area contributed by atoms with Gasteiger partial charge in [0.1, 0.15) is 0 Å². The molecule has 1 aliphatic rings. The molecule has 1 saturated carbocycles. The van der Waals surface area contributed by atoms with Crippen LogP contribution >= 0.6 is 0 Å². The molecule has 1 atom stereocenters. The second-order valence-electron chi connectivity index (χ2n) is 5.69. The van der Waals surface area contributed by atoms with Gasteiger partial charge >= 0.3 is 0 Å². The van der Waals surface area contributed by atoms with Gasteiger partial charge in [-0.25, -0.2) is 0 Å². The maximum absolute atomic E-state index is 9.92. The first-order valence-corrected chi connectivity index (χ1v) is 7.63. The highest BCUT2D eigenvalue weighted by Gasteiger charge is 2.14. The van der Waals surface area contributed by atoms with Gasteiger partial charge in [0.2, 0.25) is 0 Å². The molecule has 0 spiro atoms. The summed E-state index contributed by atoms with van der Waals surface area (Å²) in [4.78, 5) is 4.57. The summed E-state index contributed by atoms with van der Waals surface area (Å²) in [6.45, 7) is 0.495. The topological polar surface area (TPSA) is 59.1 Å². The monoisotopic (exact) mass is 262 g/mol. The number of aryl methyl sites for hydroxylation is 1. The van der Waals surface area contributed by atoms with Crippen molar-refractivity contribution in [1.29, 1.82) is 0 Å². The third-order valence-electron chi connectivity index (χ3n) is 4.14. The van der Waals surface area contributed by atoms with E-state index in [1.54, 1.807) is 0 Å². The smallest absolute Gasteiger partial charge is 0.0971 e. The maximum atomic E-state index is 9.92. The maximum Gasteiger partial charge on any atom is 0.0971 e. The van der Waals surface area contributed by atoms with E-state index < -0.39 is 6.10 Å². The zero-order valence-electron chi connectivity index (χ0n) is 11.7. The number of hydrogen-bond donors (Lipinski definition) is 2. The molecule has 19 heavy (non-hydrogen) atoms. The van der Waals surface area contributed by atoms with Crippen LogP contribution in [0.1, 0.15) is 62.4 Å². The summed E-state index contributed by atoms with van der Waals surface area (Å²) < 4.78 is 0. The van der Waals surface area contributed by atoms with E-state index in [4.69, 9.17) is 5.73 Å². The van der Waals surface area contributed by atoms with Crippen LogP contribution in [0.2, 0.25) is 0 Å². The molecule has 1 aliphatic carbocycles. The van der Waals surface area contributed by atoms with Crippen molar-refractivity contribution in [3.63, 3.8) is 0 Å². The van der Waals surface area contributed by atoms with E-state index in [1.807, 2.05) is 12.1 Å². The fourth-order valence-electron chi connectivity index (χ4n) is 2.96. The van der Waals surface area contributed by atoms with Gasteiger partial charge in [-0.05, 0) is 43.9 Å². The van der Waals surface area contributed by atoms with Crippen molar-refractivity contribution in [3.05, 3.63) is 29.6 Å². The van der Waals surface area contributed by atoms with E-state index in [9.17, 15) is 5.11 Å². The highest BCUT2D eigenvalue weighted by atomic mass is 16.3. The Morgan fingerprint density at radius 3 is 2.79 bits per heavy atom. The Bertz CT molecular complexity index is 375. The number of pyridine rings is 1. The van der Waals surface area contributed by atoms with Gasteiger partial charge in [0.05, 0.1) is 11.8 Å². The van der Waals surface area contributed by atoms with E-state index in [-0.39, 0.29) is 0 Å². The fraction of sp³-hybridized carbons (Fsp3) is 0.688. The molecule has 0 aromatic carbocycles. The molecule has 1 aromatic heterocycles. The first-order valence-electron chi connectivity index (χ1n) is 7.63. The lowest BCUT2D eigenvalue weighted by Crippen LogP contribution is -2.10.